The molecule has 2 aliphatic carbocycles. The quantitative estimate of drug-likeness (QED) is 0.552. The number of hydrogen-bond acceptors (Lipinski definition) is 5. The van der Waals surface area contributed by atoms with Crippen molar-refractivity contribution in [1.82, 2.24) is 26.3 Å². The second-order valence-corrected chi connectivity index (χ2v) is 9.17. The van der Waals surface area contributed by atoms with E-state index in [1.54, 1.807) is 0 Å². The minimum Gasteiger partial charge on any atom is -0.311 e. The number of aromatic nitrogens is 1. The average Bonchev–Trinajstić information content (AvgIpc) is 2.73. The van der Waals surface area contributed by atoms with Gasteiger partial charge in [0.25, 0.3) is 0 Å². The molecule has 2 unspecified atom stereocenters. The van der Waals surface area contributed by atoms with E-state index in [1.165, 1.54) is 62.8 Å². The zero-order valence-corrected chi connectivity index (χ0v) is 17.7. The summed E-state index contributed by atoms with van der Waals surface area (Å²) in [7, 11) is 0. The molecule has 0 aromatic carbocycles. The highest BCUT2D eigenvalue weighted by Crippen LogP contribution is 2.24. The van der Waals surface area contributed by atoms with Crippen LogP contribution in [-0.4, -0.2) is 42.2 Å². The van der Waals surface area contributed by atoms with Gasteiger partial charge in [-0.15, -0.1) is 0 Å². The molecule has 1 aliphatic heterocycles. The molecule has 28 heavy (non-hydrogen) atoms. The third-order valence-corrected chi connectivity index (χ3v) is 7.08. The van der Waals surface area contributed by atoms with Gasteiger partial charge in [0.2, 0.25) is 0 Å². The SMILES string of the molecule is C[C@@H]1NC2CCCC[C@H]2NCCNC2CCCC[C@H]2N[C@@H](C)c2cccc1n2. The van der Waals surface area contributed by atoms with Crippen molar-refractivity contribution in [3.63, 3.8) is 0 Å². The van der Waals surface area contributed by atoms with Crippen LogP contribution < -0.4 is 21.3 Å². The van der Waals surface area contributed by atoms with Crippen molar-refractivity contribution in [3.8, 4) is 0 Å². The third-order valence-electron chi connectivity index (χ3n) is 7.08. The number of rotatable bonds is 0. The Morgan fingerprint density at radius 3 is 1.57 bits per heavy atom. The molecule has 2 heterocycles. The van der Waals surface area contributed by atoms with Gasteiger partial charge in [0.1, 0.15) is 0 Å². The van der Waals surface area contributed by atoms with Crippen LogP contribution in [0.25, 0.3) is 0 Å². The summed E-state index contributed by atoms with van der Waals surface area (Å²) in [6.07, 6.45) is 10.4. The van der Waals surface area contributed by atoms with Gasteiger partial charge in [-0.3, -0.25) is 4.98 Å². The molecule has 2 bridgehead atoms. The highest BCUT2D eigenvalue weighted by molar-refractivity contribution is 5.17. The zero-order valence-electron chi connectivity index (χ0n) is 17.7. The van der Waals surface area contributed by atoms with Crippen LogP contribution in [-0.2, 0) is 0 Å². The molecular weight excluding hydrogens is 346 g/mol. The van der Waals surface area contributed by atoms with Crippen molar-refractivity contribution in [2.45, 2.75) is 101 Å². The van der Waals surface area contributed by atoms with E-state index >= 15 is 0 Å². The van der Waals surface area contributed by atoms with Gasteiger partial charge in [-0.25, -0.2) is 0 Å². The van der Waals surface area contributed by atoms with Crippen LogP contribution in [0.2, 0.25) is 0 Å². The van der Waals surface area contributed by atoms with Crippen molar-refractivity contribution < 1.29 is 0 Å². The van der Waals surface area contributed by atoms with Crippen LogP contribution in [0.1, 0.15) is 88.7 Å². The second kappa shape index (κ2) is 9.66. The molecule has 0 amide bonds. The minimum atomic E-state index is 0.283. The maximum absolute atomic E-state index is 5.06. The normalized spacial score (nSPS) is 37.8. The Balaban J connectivity index is 1.56. The number of fused-ring (bicyclic) bond motifs is 4. The molecule has 3 aliphatic rings. The molecule has 0 spiro atoms. The summed E-state index contributed by atoms with van der Waals surface area (Å²) in [6.45, 7) is 6.66. The number of nitrogens with one attached hydrogen (secondary N) is 4. The van der Waals surface area contributed by atoms with Gasteiger partial charge in [0.05, 0.1) is 11.4 Å². The van der Waals surface area contributed by atoms with Crippen molar-refractivity contribution in [2.75, 3.05) is 13.1 Å². The lowest BCUT2D eigenvalue weighted by Crippen LogP contribution is -2.54. The average molecular weight is 386 g/mol. The van der Waals surface area contributed by atoms with Crippen LogP contribution in [0.4, 0.5) is 0 Å². The Morgan fingerprint density at radius 1 is 0.679 bits per heavy atom. The Labute approximate surface area is 170 Å². The molecule has 0 saturated heterocycles. The molecule has 6 atom stereocenters. The lowest BCUT2D eigenvalue weighted by Gasteiger charge is -2.36. The van der Waals surface area contributed by atoms with Gasteiger partial charge in [0, 0.05) is 49.3 Å². The predicted molar refractivity (Wildman–Crippen MR) is 115 cm³/mol. The largest absolute Gasteiger partial charge is 0.311 e. The van der Waals surface area contributed by atoms with Gasteiger partial charge in [-0.05, 0) is 51.7 Å². The molecule has 2 saturated carbocycles. The molecule has 0 radical (unpaired) electrons. The van der Waals surface area contributed by atoms with Crippen molar-refractivity contribution >= 4 is 0 Å². The maximum atomic E-state index is 5.06. The maximum Gasteiger partial charge on any atom is 0.0574 e. The molecule has 1 aromatic heterocycles. The molecule has 4 rings (SSSR count). The predicted octanol–water partition coefficient (Wildman–Crippen LogP) is 3.20. The fourth-order valence-electron chi connectivity index (χ4n) is 5.43. The lowest BCUT2D eigenvalue weighted by molar-refractivity contribution is 0.254. The molecule has 5 nitrogen and oxygen atoms in total. The lowest BCUT2D eigenvalue weighted by atomic mass is 9.89. The van der Waals surface area contributed by atoms with Crippen LogP contribution in [0.15, 0.2) is 18.2 Å². The minimum absolute atomic E-state index is 0.283. The summed E-state index contributed by atoms with van der Waals surface area (Å²) in [5.41, 5.74) is 2.34. The third kappa shape index (κ3) is 4.93. The molecular formula is C23H39N5. The molecule has 4 N–H and O–H groups in total. The van der Waals surface area contributed by atoms with E-state index in [9.17, 15) is 0 Å². The monoisotopic (exact) mass is 385 g/mol. The summed E-state index contributed by atoms with van der Waals surface area (Å²) in [4.78, 5) is 5.06. The first kappa shape index (κ1) is 20.3. The molecule has 156 valence electrons. The number of nitrogens with zero attached hydrogens (tertiary/aromatic N) is 1. The van der Waals surface area contributed by atoms with Crippen LogP contribution in [0.3, 0.4) is 0 Å². The van der Waals surface area contributed by atoms with E-state index in [2.05, 4.69) is 53.3 Å². The van der Waals surface area contributed by atoms with Gasteiger partial charge in [-0.2, -0.15) is 0 Å². The summed E-state index contributed by atoms with van der Waals surface area (Å²) < 4.78 is 0. The zero-order chi connectivity index (χ0) is 19.3. The van der Waals surface area contributed by atoms with Crippen molar-refractivity contribution in [1.29, 1.82) is 0 Å². The van der Waals surface area contributed by atoms with Gasteiger partial charge in [-0.1, -0.05) is 31.7 Å². The molecule has 5 heteroatoms. The van der Waals surface area contributed by atoms with E-state index in [4.69, 9.17) is 4.98 Å². The van der Waals surface area contributed by atoms with Gasteiger partial charge >= 0.3 is 0 Å². The Kier molecular flexibility index (Phi) is 6.99. The summed E-state index contributed by atoms with van der Waals surface area (Å²) in [5.74, 6) is 0. The van der Waals surface area contributed by atoms with Crippen molar-refractivity contribution in [2.24, 2.45) is 0 Å². The Hall–Kier alpha value is -1.01. The molecule has 2 fully saturated rings. The van der Waals surface area contributed by atoms with Crippen molar-refractivity contribution in [3.05, 3.63) is 29.6 Å². The summed E-state index contributed by atoms with van der Waals surface area (Å²) in [5, 5.41) is 15.5. The standard InChI is InChI=1S/C23H39N5/c1-16-18-12-7-13-19(28-18)17(2)27-23-11-6-4-9-21(23)25-15-14-24-20-8-3-5-10-22(20)26-16/h7,12-13,16-17,20-27H,3-6,8-11,14-15H2,1-2H3/t16-,17-,20+,21?,22?,23+/m0/s1. The van der Waals surface area contributed by atoms with E-state index in [0.29, 0.717) is 24.2 Å². The fourth-order valence-corrected chi connectivity index (χ4v) is 5.43. The molecule has 1 aromatic rings. The highest BCUT2D eigenvalue weighted by atomic mass is 15.1. The summed E-state index contributed by atoms with van der Waals surface area (Å²) in [6, 6.07) is 9.34. The van der Waals surface area contributed by atoms with E-state index < -0.39 is 0 Å². The fraction of sp³-hybridized carbons (Fsp3) is 0.783. The Morgan fingerprint density at radius 2 is 1.11 bits per heavy atom. The number of hydrogen-bond donors (Lipinski definition) is 4. The first-order valence-corrected chi connectivity index (χ1v) is 11.7. The van der Waals surface area contributed by atoms with Gasteiger partial charge in [0.15, 0.2) is 0 Å². The van der Waals surface area contributed by atoms with E-state index in [1.807, 2.05) is 0 Å². The van der Waals surface area contributed by atoms with E-state index in [0.717, 1.165) is 13.1 Å². The van der Waals surface area contributed by atoms with Gasteiger partial charge < -0.3 is 21.3 Å². The summed E-state index contributed by atoms with van der Waals surface area (Å²) >= 11 is 0. The van der Waals surface area contributed by atoms with Crippen LogP contribution >= 0.6 is 0 Å². The van der Waals surface area contributed by atoms with Crippen LogP contribution in [0, 0.1) is 0 Å². The second-order valence-electron chi connectivity index (χ2n) is 9.17. The first-order chi connectivity index (χ1) is 13.7. The Bertz CT molecular complexity index is 572. The first-order valence-electron chi connectivity index (χ1n) is 11.7. The smallest absolute Gasteiger partial charge is 0.0574 e. The van der Waals surface area contributed by atoms with E-state index in [-0.39, 0.29) is 12.1 Å². The highest BCUT2D eigenvalue weighted by Gasteiger charge is 2.29. The van der Waals surface area contributed by atoms with Crippen LogP contribution in [0.5, 0.6) is 0 Å². The topological polar surface area (TPSA) is 61.0 Å². The number of pyridine rings is 1.